The zero-order chi connectivity index (χ0) is 11.6. The summed E-state index contributed by atoms with van der Waals surface area (Å²) >= 11 is 0. The van der Waals surface area contributed by atoms with Gasteiger partial charge in [0, 0.05) is 26.2 Å². The van der Waals surface area contributed by atoms with Gasteiger partial charge in [-0.1, -0.05) is 0 Å². The second-order valence-electron chi connectivity index (χ2n) is 4.52. The Bertz CT molecular complexity index is 264. The highest BCUT2D eigenvalue weighted by molar-refractivity contribution is 5.78. The van der Waals surface area contributed by atoms with Crippen LogP contribution in [-0.2, 0) is 19.0 Å². The lowest BCUT2D eigenvalue weighted by Gasteiger charge is -2.44. The summed E-state index contributed by atoms with van der Waals surface area (Å²) < 4.78 is 15.4. The van der Waals surface area contributed by atoms with Crippen LogP contribution in [0.2, 0.25) is 0 Å². The molecule has 2 aliphatic rings. The van der Waals surface area contributed by atoms with Crippen LogP contribution in [0.4, 0.5) is 0 Å². The quantitative estimate of drug-likeness (QED) is 0.682. The molecule has 0 bridgehead atoms. The fourth-order valence-electron chi connectivity index (χ4n) is 2.71. The first-order valence-electron chi connectivity index (χ1n) is 5.61. The van der Waals surface area contributed by atoms with Gasteiger partial charge in [0.2, 0.25) is 0 Å². The van der Waals surface area contributed by atoms with Crippen LogP contribution in [0.3, 0.4) is 0 Å². The van der Waals surface area contributed by atoms with E-state index in [-0.39, 0.29) is 12.6 Å². The van der Waals surface area contributed by atoms with Crippen molar-refractivity contribution in [2.45, 2.75) is 24.9 Å². The van der Waals surface area contributed by atoms with Gasteiger partial charge in [-0.15, -0.1) is 0 Å². The predicted octanol–water partition coefficient (Wildman–Crippen LogP) is 0.108. The first-order chi connectivity index (χ1) is 7.65. The minimum Gasteiger partial charge on any atom is -0.469 e. The van der Waals surface area contributed by atoms with Gasteiger partial charge in [-0.05, 0) is 12.8 Å². The van der Waals surface area contributed by atoms with E-state index < -0.39 is 11.0 Å². The molecule has 1 unspecified atom stereocenters. The molecule has 92 valence electrons. The van der Waals surface area contributed by atoms with Gasteiger partial charge in [0.25, 0.3) is 0 Å². The second kappa shape index (κ2) is 4.31. The van der Waals surface area contributed by atoms with Crippen LogP contribution in [0.25, 0.3) is 0 Å². The molecule has 2 rings (SSSR count). The molecule has 0 aromatic carbocycles. The number of aliphatic hydroxyl groups is 1. The highest BCUT2D eigenvalue weighted by Crippen LogP contribution is 2.46. The van der Waals surface area contributed by atoms with E-state index in [0.29, 0.717) is 39.1 Å². The van der Waals surface area contributed by atoms with Gasteiger partial charge in [-0.2, -0.15) is 0 Å². The van der Waals surface area contributed by atoms with E-state index >= 15 is 0 Å². The third-order valence-corrected chi connectivity index (χ3v) is 3.81. The molecule has 0 radical (unpaired) electrons. The first kappa shape index (κ1) is 11.8. The monoisotopic (exact) mass is 230 g/mol. The van der Waals surface area contributed by atoms with E-state index in [2.05, 4.69) is 0 Å². The minimum absolute atomic E-state index is 0.210. The van der Waals surface area contributed by atoms with Crippen LogP contribution in [-0.4, -0.2) is 50.2 Å². The molecule has 2 fully saturated rings. The number of hydrogen-bond acceptors (Lipinski definition) is 5. The maximum Gasteiger partial charge on any atom is 0.315 e. The number of hydrogen-bond donors (Lipinski definition) is 1. The average Bonchev–Trinajstić information content (AvgIpc) is 2.77. The molecule has 0 saturated carbocycles. The largest absolute Gasteiger partial charge is 0.469 e. The Kier molecular flexibility index (Phi) is 3.19. The van der Waals surface area contributed by atoms with Gasteiger partial charge in [0.1, 0.15) is 11.0 Å². The van der Waals surface area contributed by atoms with Crippen molar-refractivity contribution in [3.05, 3.63) is 0 Å². The zero-order valence-electron chi connectivity index (χ0n) is 9.53. The fourth-order valence-corrected chi connectivity index (χ4v) is 2.71. The summed E-state index contributed by atoms with van der Waals surface area (Å²) in [4.78, 5) is 12.0. The molecular weight excluding hydrogens is 212 g/mol. The van der Waals surface area contributed by atoms with Crippen molar-refractivity contribution < 1.29 is 24.1 Å². The molecule has 2 saturated heterocycles. The van der Waals surface area contributed by atoms with E-state index in [4.69, 9.17) is 14.2 Å². The Morgan fingerprint density at radius 3 is 2.31 bits per heavy atom. The third kappa shape index (κ3) is 1.63. The Balaban J connectivity index is 2.28. The molecule has 2 aliphatic heterocycles. The zero-order valence-corrected chi connectivity index (χ0v) is 9.53. The van der Waals surface area contributed by atoms with E-state index in [0.717, 1.165) is 0 Å². The Labute approximate surface area is 94.7 Å². The number of ether oxygens (including phenoxy) is 3. The van der Waals surface area contributed by atoms with Crippen molar-refractivity contribution >= 4 is 5.97 Å². The summed E-state index contributed by atoms with van der Waals surface area (Å²) in [5.74, 6) is -0.344. The summed E-state index contributed by atoms with van der Waals surface area (Å²) in [7, 11) is 1.36. The molecule has 0 amide bonds. The number of carbonyl (C=O) groups excluding carboxylic acids is 1. The summed E-state index contributed by atoms with van der Waals surface area (Å²) in [6, 6.07) is 0. The van der Waals surface area contributed by atoms with Crippen LogP contribution in [0.5, 0.6) is 0 Å². The van der Waals surface area contributed by atoms with Crippen LogP contribution >= 0.6 is 0 Å². The molecule has 5 heteroatoms. The van der Waals surface area contributed by atoms with Gasteiger partial charge in [0.05, 0.1) is 13.7 Å². The number of rotatable bonds is 2. The Morgan fingerprint density at radius 1 is 1.19 bits per heavy atom. The molecular formula is C11H18O5. The Morgan fingerprint density at radius 2 is 1.81 bits per heavy atom. The molecule has 0 spiro atoms. The molecule has 1 atom stereocenters. The molecule has 16 heavy (non-hydrogen) atoms. The minimum atomic E-state index is -1.09. The average molecular weight is 230 g/mol. The summed E-state index contributed by atoms with van der Waals surface area (Å²) in [6.07, 6.45) is 1.49. The number of methoxy groups -OCH3 is 1. The Hall–Kier alpha value is -0.650. The number of esters is 1. The maximum absolute atomic E-state index is 12.0. The molecule has 0 aromatic rings. The topological polar surface area (TPSA) is 65.0 Å². The molecule has 0 aromatic heterocycles. The summed E-state index contributed by atoms with van der Waals surface area (Å²) in [5.41, 5.74) is -1.94. The SMILES string of the molecule is COC(=O)C1(C2(O)CCOC2)CCOCC1. The standard InChI is InChI=1S/C11H18O5/c1-14-9(12)10(2-5-15-6-3-10)11(13)4-7-16-8-11/h13H,2-8H2,1H3. The predicted molar refractivity (Wildman–Crippen MR) is 54.9 cm³/mol. The fraction of sp³-hybridized carbons (Fsp3) is 0.909. The van der Waals surface area contributed by atoms with E-state index in [1.807, 2.05) is 0 Å². The van der Waals surface area contributed by atoms with Crippen LogP contribution in [0.15, 0.2) is 0 Å². The van der Waals surface area contributed by atoms with Gasteiger partial charge < -0.3 is 19.3 Å². The highest BCUT2D eigenvalue weighted by atomic mass is 16.5. The lowest BCUT2D eigenvalue weighted by molar-refractivity contribution is -0.187. The van der Waals surface area contributed by atoms with Gasteiger partial charge in [0.15, 0.2) is 0 Å². The van der Waals surface area contributed by atoms with Gasteiger partial charge in [-0.3, -0.25) is 4.79 Å². The van der Waals surface area contributed by atoms with Gasteiger partial charge >= 0.3 is 5.97 Å². The van der Waals surface area contributed by atoms with Crippen molar-refractivity contribution in [1.82, 2.24) is 0 Å². The first-order valence-corrected chi connectivity index (χ1v) is 5.61. The van der Waals surface area contributed by atoms with Crippen LogP contribution in [0, 0.1) is 5.41 Å². The van der Waals surface area contributed by atoms with Crippen LogP contribution < -0.4 is 0 Å². The van der Waals surface area contributed by atoms with Crippen molar-refractivity contribution in [2.24, 2.45) is 5.41 Å². The molecule has 0 aliphatic carbocycles. The van der Waals surface area contributed by atoms with Crippen LogP contribution in [0.1, 0.15) is 19.3 Å². The smallest absolute Gasteiger partial charge is 0.315 e. The highest BCUT2D eigenvalue weighted by Gasteiger charge is 2.58. The molecule has 1 N–H and O–H groups in total. The van der Waals surface area contributed by atoms with Crippen molar-refractivity contribution in [1.29, 1.82) is 0 Å². The normalized spacial score (nSPS) is 33.6. The third-order valence-electron chi connectivity index (χ3n) is 3.81. The second-order valence-corrected chi connectivity index (χ2v) is 4.52. The van der Waals surface area contributed by atoms with E-state index in [1.54, 1.807) is 0 Å². The lowest BCUT2D eigenvalue weighted by Crippen LogP contribution is -2.56. The van der Waals surface area contributed by atoms with E-state index in [1.165, 1.54) is 7.11 Å². The molecule has 5 nitrogen and oxygen atoms in total. The van der Waals surface area contributed by atoms with Crippen molar-refractivity contribution in [3.8, 4) is 0 Å². The van der Waals surface area contributed by atoms with E-state index in [9.17, 15) is 9.90 Å². The lowest BCUT2D eigenvalue weighted by atomic mass is 9.66. The van der Waals surface area contributed by atoms with Crippen molar-refractivity contribution in [2.75, 3.05) is 33.5 Å². The maximum atomic E-state index is 12.0. The summed E-state index contributed by atoms with van der Waals surface area (Å²) in [5, 5.41) is 10.6. The molecule has 2 heterocycles. The summed E-state index contributed by atoms with van der Waals surface area (Å²) in [6.45, 7) is 1.67. The van der Waals surface area contributed by atoms with Gasteiger partial charge in [-0.25, -0.2) is 0 Å². The van der Waals surface area contributed by atoms with Crippen molar-refractivity contribution in [3.63, 3.8) is 0 Å². The number of carbonyl (C=O) groups is 1.